The fourth-order valence-electron chi connectivity index (χ4n) is 3.28. The number of allylic oxidation sites excluding steroid dienone is 2. The quantitative estimate of drug-likeness (QED) is 0.0573. The molecule has 0 aromatic rings. The van der Waals surface area contributed by atoms with Gasteiger partial charge >= 0.3 is 13.8 Å². The Morgan fingerprint density at radius 3 is 1.80 bits per heavy atom. The van der Waals surface area contributed by atoms with Crippen molar-refractivity contribution in [3.8, 4) is 0 Å². The fraction of sp³-hybridized carbons (Fsp3) is 0.880. The van der Waals surface area contributed by atoms with Gasteiger partial charge in [0.25, 0.3) is 0 Å². The van der Waals surface area contributed by atoms with Gasteiger partial charge in [-0.15, -0.1) is 0 Å². The van der Waals surface area contributed by atoms with Crippen molar-refractivity contribution in [3.63, 3.8) is 0 Å². The number of esters is 1. The molecule has 10 heteroatoms. The number of ether oxygens (including phenoxy) is 1. The van der Waals surface area contributed by atoms with Crippen LogP contribution >= 0.6 is 7.82 Å². The van der Waals surface area contributed by atoms with Crippen LogP contribution in [-0.2, 0) is 23.1 Å². The third-order valence-corrected chi connectivity index (χ3v) is 6.35. The monoisotopic (exact) mass is 524 g/mol. The Morgan fingerprint density at radius 2 is 1.26 bits per heavy atom. The molecule has 4 N–H and O–H groups in total. The summed E-state index contributed by atoms with van der Waals surface area (Å²) in [5.41, 5.74) is 0. The molecule has 0 radical (unpaired) electrons. The molecule has 0 aromatic heterocycles. The minimum absolute atomic E-state index is 0.257. The molecular formula is C25H49O9P. The second kappa shape index (κ2) is 23.6. The normalized spacial score (nSPS) is 15.2. The number of carbonyl (C=O) groups is 1. The van der Waals surface area contributed by atoms with Crippen LogP contribution in [0.2, 0.25) is 0 Å². The topological polar surface area (TPSA) is 143 Å². The molecule has 0 aliphatic carbocycles. The minimum atomic E-state index is -4.48. The van der Waals surface area contributed by atoms with Crippen LogP contribution in [-0.4, -0.2) is 64.8 Å². The van der Waals surface area contributed by atoms with Crippen LogP contribution in [0.15, 0.2) is 12.2 Å². The molecule has 0 amide bonds. The van der Waals surface area contributed by atoms with E-state index in [9.17, 15) is 19.4 Å². The van der Waals surface area contributed by atoms with Gasteiger partial charge in [0.05, 0.1) is 19.8 Å². The van der Waals surface area contributed by atoms with Gasteiger partial charge in [0.15, 0.2) is 0 Å². The molecule has 9 nitrogen and oxygen atoms in total. The summed E-state index contributed by atoms with van der Waals surface area (Å²) in [5.74, 6) is -0.438. The maximum atomic E-state index is 11.7. The van der Waals surface area contributed by atoms with Crippen molar-refractivity contribution in [2.45, 2.75) is 115 Å². The standard InChI is InChI=1S/C25H49O9P/c1-2-3-4-5-6-7-8-9-10-11-12-13-14-15-16-17-18-25(29)32-20-24(28)22-34-35(30,31)33-21-23(27)19-26/h10-11,23-24,26-28H,2-9,12-22H2,1H3,(H,30,31)/b11-10-/t23-,24+/m0/s1. The molecule has 0 fully saturated rings. The number of carbonyl (C=O) groups excluding carboxylic acids is 1. The lowest BCUT2D eigenvalue weighted by molar-refractivity contribution is -0.147. The van der Waals surface area contributed by atoms with E-state index in [0.717, 1.165) is 32.1 Å². The van der Waals surface area contributed by atoms with E-state index in [1.54, 1.807) is 0 Å². The first-order valence-electron chi connectivity index (χ1n) is 13.2. The Bertz CT molecular complexity index is 571. The molecule has 0 heterocycles. The molecule has 208 valence electrons. The molecule has 0 aromatic carbocycles. The summed E-state index contributed by atoms with van der Waals surface area (Å²) in [7, 11) is -4.48. The Kier molecular flexibility index (Phi) is 23.1. The highest BCUT2D eigenvalue weighted by atomic mass is 31.2. The average Bonchev–Trinajstić information content (AvgIpc) is 2.84. The van der Waals surface area contributed by atoms with Crippen molar-refractivity contribution in [1.29, 1.82) is 0 Å². The van der Waals surface area contributed by atoms with Crippen LogP contribution in [0.25, 0.3) is 0 Å². The Hall–Kier alpha value is -0.800. The van der Waals surface area contributed by atoms with Crippen LogP contribution in [0.1, 0.15) is 103 Å². The molecule has 0 spiro atoms. The zero-order valence-corrected chi connectivity index (χ0v) is 22.4. The van der Waals surface area contributed by atoms with E-state index in [-0.39, 0.29) is 13.0 Å². The first-order valence-corrected chi connectivity index (χ1v) is 14.7. The number of phosphoric ester groups is 1. The number of aliphatic hydroxyl groups excluding tert-OH is 3. The van der Waals surface area contributed by atoms with Gasteiger partial charge in [-0.25, -0.2) is 4.57 Å². The van der Waals surface area contributed by atoms with Gasteiger partial charge < -0.3 is 24.9 Å². The number of aliphatic hydroxyl groups is 3. The molecule has 3 atom stereocenters. The molecule has 1 unspecified atom stereocenters. The van der Waals surface area contributed by atoms with E-state index in [1.165, 1.54) is 51.4 Å². The van der Waals surface area contributed by atoms with Crippen molar-refractivity contribution in [2.24, 2.45) is 0 Å². The Labute approximate surface area is 211 Å². The summed E-state index contributed by atoms with van der Waals surface area (Å²) in [6.07, 6.45) is 18.9. The number of unbranched alkanes of at least 4 members (excludes halogenated alkanes) is 12. The van der Waals surface area contributed by atoms with E-state index >= 15 is 0 Å². The minimum Gasteiger partial charge on any atom is -0.463 e. The zero-order chi connectivity index (χ0) is 26.2. The molecule has 0 aliphatic rings. The van der Waals surface area contributed by atoms with Gasteiger partial charge in [-0.1, -0.05) is 76.9 Å². The van der Waals surface area contributed by atoms with E-state index in [0.29, 0.717) is 6.42 Å². The predicted octanol–water partition coefficient (Wildman–Crippen LogP) is 4.80. The SMILES string of the molecule is CCCCCCCCC/C=C\CCCCCCCC(=O)OC[C@@H](O)COP(=O)(O)OC[C@@H](O)CO. The summed E-state index contributed by atoms with van der Waals surface area (Å²) in [6, 6.07) is 0. The number of hydrogen-bond donors (Lipinski definition) is 4. The molecule has 0 aliphatic heterocycles. The highest BCUT2D eigenvalue weighted by molar-refractivity contribution is 7.47. The number of hydrogen-bond acceptors (Lipinski definition) is 8. The molecule has 35 heavy (non-hydrogen) atoms. The van der Waals surface area contributed by atoms with Gasteiger partial charge in [0.2, 0.25) is 0 Å². The lowest BCUT2D eigenvalue weighted by Gasteiger charge is -2.16. The maximum absolute atomic E-state index is 11.7. The highest BCUT2D eigenvalue weighted by Crippen LogP contribution is 2.43. The van der Waals surface area contributed by atoms with Crippen molar-refractivity contribution in [2.75, 3.05) is 26.4 Å². The first-order chi connectivity index (χ1) is 16.8. The van der Waals surface area contributed by atoms with E-state index in [4.69, 9.17) is 14.9 Å². The zero-order valence-electron chi connectivity index (χ0n) is 21.5. The van der Waals surface area contributed by atoms with Gasteiger partial charge in [-0.3, -0.25) is 13.8 Å². The van der Waals surface area contributed by atoms with Crippen molar-refractivity contribution >= 4 is 13.8 Å². The highest BCUT2D eigenvalue weighted by Gasteiger charge is 2.24. The summed E-state index contributed by atoms with van der Waals surface area (Å²) in [6.45, 7) is 0.0846. The van der Waals surface area contributed by atoms with Crippen molar-refractivity contribution in [1.82, 2.24) is 0 Å². The van der Waals surface area contributed by atoms with Gasteiger partial charge in [-0.05, 0) is 32.1 Å². The molecule has 0 bridgehead atoms. The van der Waals surface area contributed by atoms with Gasteiger partial charge in [0.1, 0.15) is 18.8 Å². The van der Waals surface area contributed by atoms with Crippen LogP contribution in [0.3, 0.4) is 0 Å². The predicted molar refractivity (Wildman–Crippen MR) is 136 cm³/mol. The van der Waals surface area contributed by atoms with E-state index < -0.39 is 45.8 Å². The van der Waals surface area contributed by atoms with Crippen LogP contribution in [0.5, 0.6) is 0 Å². The summed E-state index contributed by atoms with van der Waals surface area (Å²) in [4.78, 5) is 21.1. The Morgan fingerprint density at radius 1 is 0.771 bits per heavy atom. The average molecular weight is 525 g/mol. The van der Waals surface area contributed by atoms with Crippen LogP contribution in [0, 0.1) is 0 Å². The van der Waals surface area contributed by atoms with Crippen molar-refractivity contribution in [3.05, 3.63) is 12.2 Å². The lowest BCUT2D eigenvalue weighted by Crippen LogP contribution is -2.24. The smallest absolute Gasteiger partial charge is 0.463 e. The first kappa shape index (κ1) is 34.2. The van der Waals surface area contributed by atoms with Crippen LogP contribution in [0.4, 0.5) is 0 Å². The Balaban J connectivity index is 3.54. The second-order valence-electron chi connectivity index (χ2n) is 8.92. The summed E-state index contributed by atoms with van der Waals surface area (Å²) < 4.78 is 25.5. The third-order valence-electron chi connectivity index (χ3n) is 5.40. The molecule has 0 rings (SSSR count). The van der Waals surface area contributed by atoms with Gasteiger partial charge in [-0.2, -0.15) is 0 Å². The van der Waals surface area contributed by atoms with E-state index in [1.807, 2.05) is 0 Å². The summed E-state index contributed by atoms with van der Waals surface area (Å²) in [5, 5.41) is 27.4. The second-order valence-corrected chi connectivity index (χ2v) is 10.4. The van der Waals surface area contributed by atoms with E-state index in [2.05, 4.69) is 28.1 Å². The lowest BCUT2D eigenvalue weighted by atomic mass is 10.1. The molecule has 0 saturated heterocycles. The molecule has 0 saturated carbocycles. The van der Waals surface area contributed by atoms with Gasteiger partial charge in [0, 0.05) is 6.42 Å². The van der Waals surface area contributed by atoms with Crippen molar-refractivity contribution < 1.29 is 43.4 Å². The maximum Gasteiger partial charge on any atom is 0.472 e. The van der Waals surface area contributed by atoms with Crippen LogP contribution < -0.4 is 0 Å². The summed E-state index contributed by atoms with van der Waals surface area (Å²) >= 11 is 0. The molecular weight excluding hydrogens is 475 g/mol. The third kappa shape index (κ3) is 24.7. The largest absolute Gasteiger partial charge is 0.472 e. The number of phosphoric acid groups is 1. The number of rotatable bonds is 25. The fourth-order valence-corrected chi connectivity index (χ4v) is 4.07.